The molecule has 0 saturated carbocycles. The number of amides is 3. The highest BCUT2D eigenvalue weighted by molar-refractivity contribution is 6.01. The summed E-state index contributed by atoms with van der Waals surface area (Å²) in [6, 6.07) is 4.76. The summed E-state index contributed by atoms with van der Waals surface area (Å²) < 4.78 is 10.7. The molecular formula is C19H25N3O4. The maximum atomic E-state index is 13.1. The van der Waals surface area contributed by atoms with E-state index in [0.29, 0.717) is 23.6 Å². The Hall–Kier alpha value is -2.70. The highest BCUT2D eigenvalue weighted by atomic mass is 16.5. The number of carbonyl (C=O) groups excluding carboxylic acids is 2. The summed E-state index contributed by atoms with van der Waals surface area (Å²) >= 11 is 0. The summed E-state index contributed by atoms with van der Waals surface area (Å²) in [5, 5.41) is 2.93. The van der Waals surface area contributed by atoms with Crippen molar-refractivity contribution in [1.29, 1.82) is 0 Å². The van der Waals surface area contributed by atoms with E-state index in [1.54, 1.807) is 27.3 Å². The lowest BCUT2D eigenvalue weighted by Crippen LogP contribution is -2.45. The lowest BCUT2D eigenvalue weighted by Gasteiger charge is -2.31. The molecule has 2 heterocycles. The van der Waals surface area contributed by atoms with Crippen LogP contribution in [-0.2, 0) is 4.79 Å². The van der Waals surface area contributed by atoms with Gasteiger partial charge in [0, 0.05) is 19.2 Å². The van der Waals surface area contributed by atoms with Crippen LogP contribution in [0, 0.1) is 0 Å². The van der Waals surface area contributed by atoms with Crippen molar-refractivity contribution in [2.45, 2.75) is 32.4 Å². The van der Waals surface area contributed by atoms with Crippen molar-refractivity contribution >= 4 is 11.9 Å². The summed E-state index contributed by atoms with van der Waals surface area (Å²) in [5.41, 5.74) is 2.13. The molecule has 3 rings (SSSR count). The molecule has 2 aliphatic rings. The predicted molar refractivity (Wildman–Crippen MR) is 97.1 cm³/mol. The van der Waals surface area contributed by atoms with Crippen molar-refractivity contribution in [2.75, 3.05) is 27.8 Å². The van der Waals surface area contributed by atoms with Crippen LogP contribution in [0.15, 0.2) is 29.5 Å². The summed E-state index contributed by atoms with van der Waals surface area (Å²) in [6.07, 6.45) is 0.856. The summed E-state index contributed by atoms with van der Waals surface area (Å²) in [4.78, 5) is 28.9. The van der Waals surface area contributed by atoms with Crippen LogP contribution >= 0.6 is 0 Å². The van der Waals surface area contributed by atoms with Gasteiger partial charge in [-0.05, 0) is 31.0 Å². The first kappa shape index (κ1) is 18.1. The molecule has 0 unspecified atom stereocenters. The number of benzene rings is 1. The highest BCUT2D eigenvalue weighted by Gasteiger charge is 2.44. The van der Waals surface area contributed by atoms with Crippen LogP contribution in [0.4, 0.5) is 4.79 Å². The van der Waals surface area contributed by atoms with E-state index in [-0.39, 0.29) is 18.0 Å². The molecule has 0 saturated heterocycles. The van der Waals surface area contributed by atoms with Crippen molar-refractivity contribution in [3.05, 3.63) is 35.0 Å². The number of nitrogens with zero attached hydrogens (tertiary/aromatic N) is 2. The Bertz CT molecular complexity index is 752. The molecule has 0 spiro atoms. The van der Waals surface area contributed by atoms with Gasteiger partial charge in [0.1, 0.15) is 11.5 Å². The molecule has 7 heteroatoms. The van der Waals surface area contributed by atoms with Crippen LogP contribution in [0.25, 0.3) is 0 Å². The predicted octanol–water partition coefficient (Wildman–Crippen LogP) is 2.29. The molecule has 3 amide bonds. The zero-order valence-electron chi connectivity index (χ0n) is 15.8. The second-order valence-corrected chi connectivity index (χ2v) is 6.64. The molecule has 26 heavy (non-hydrogen) atoms. The fourth-order valence-corrected chi connectivity index (χ4v) is 3.41. The number of rotatable bonds is 5. The summed E-state index contributed by atoms with van der Waals surface area (Å²) in [6.45, 7) is 4.52. The lowest BCUT2D eigenvalue weighted by molar-refractivity contribution is -0.127. The quantitative estimate of drug-likeness (QED) is 0.876. The highest BCUT2D eigenvalue weighted by Crippen LogP contribution is 2.38. The van der Waals surface area contributed by atoms with Gasteiger partial charge in [0.2, 0.25) is 0 Å². The average Bonchev–Trinajstić information content (AvgIpc) is 3.01. The van der Waals surface area contributed by atoms with Crippen LogP contribution in [0.2, 0.25) is 0 Å². The van der Waals surface area contributed by atoms with Gasteiger partial charge < -0.3 is 19.7 Å². The van der Waals surface area contributed by atoms with Crippen molar-refractivity contribution in [2.24, 2.45) is 0 Å². The average molecular weight is 359 g/mol. The fraction of sp³-hybridized carbons (Fsp3) is 0.474. The van der Waals surface area contributed by atoms with Crippen LogP contribution < -0.4 is 14.8 Å². The van der Waals surface area contributed by atoms with Crippen LogP contribution in [0.3, 0.4) is 0 Å². The Morgan fingerprint density at radius 2 is 1.81 bits per heavy atom. The smallest absolute Gasteiger partial charge is 0.322 e. The Morgan fingerprint density at radius 3 is 2.35 bits per heavy atom. The molecule has 1 aromatic carbocycles. The Balaban J connectivity index is 2.07. The lowest BCUT2D eigenvalue weighted by atomic mass is 9.95. The van der Waals surface area contributed by atoms with E-state index >= 15 is 0 Å². The zero-order chi connectivity index (χ0) is 19.0. The maximum Gasteiger partial charge on any atom is 0.322 e. The first-order valence-electron chi connectivity index (χ1n) is 8.72. The number of likely N-dealkylation sites (N-methyl/N-ethyl adjacent to an activating group) is 1. The second-order valence-electron chi connectivity index (χ2n) is 6.64. The van der Waals surface area contributed by atoms with Gasteiger partial charge in [0.25, 0.3) is 5.91 Å². The Labute approximate surface area is 153 Å². The van der Waals surface area contributed by atoms with Crippen molar-refractivity contribution in [1.82, 2.24) is 15.1 Å². The number of methoxy groups -OCH3 is 2. The van der Waals surface area contributed by atoms with Gasteiger partial charge in [0.05, 0.1) is 38.1 Å². The number of hydrogen-bond acceptors (Lipinski definition) is 4. The van der Waals surface area contributed by atoms with E-state index in [1.807, 2.05) is 30.9 Å². The third-order valence-corrected chi connectivity index (χ3v) is 5.22. The van der Waals surface area contributed by atoms with Gasteiger partial charge >= 0.3 is 6.03 Å². The molecule has 140 valence electrons. The summed E-state index contributed by atoms with van der Waals surface area (Å²) in [5.74, 6) is 1.19. The molecule has 7 nitrogen and oxygen atoms in total. The number of hydrogen-bond donors (Lipinski definition) is 1. The molecule has 1 aromatic rings. The molecular weight excluding hydrogens is 334 g/mol. The monoisotopic (exact) mass is 359 g/mol. The van der Waals surface area contributed by atoms with Crippen molar-refractivity contribution < 1.29 is 19.1 Å². The third-order valence-electron chi connectivity index (χ3n) is 5.22. The van der Waals surface area contributed by atoms with Crippen molar-refractivity contribution in [3.8, 4) is 11.5 Å². The number of nitrogens with one attached hydrogen (secondary N) is 1. The molecule has 2 atom stereocenters. The molecule has 0 aliphatic carbocycles. The SMILES string of the molecule is CC[C@H](C)N1CC2=C(C1=O)[C@H](c1cc(OC)cc(OC)c1)NC(=O)N2C. The largest absolute Gasteiger partial charge is 0.497 e. The van der Waals surface area contributed by atoms with Gasteiger partial charge in [-0.2, -0.15) is 0 Å². The standard InChI is InChI=1S/C19H25N3O4/c1-6-11(2)22-10-15-16(18(22)23)17(20-19(24)21(15)3)12-7-13(25-4)9-14(8-12)26-5/h7-9,11,17H,6,10H2,1-5H3,(H,20,24)/t11-,17-/m0/s1. The van der Waals surface area contributed by atoms with E-state index in [4.69, 9.17) is 9.47 Å². The van der Waals surface area contributed by atoms with Crippen LogP contribution in [0.1, 0.15) is 31.9 Å². The van der Waals surface area contributed by atoms with E-state index in [0.717, 1.165) is 17.7 Å². The minimum atomic E-state index is -0.528. The van der Waals surface area contributed by atoms with E-state index in [2.05, 4.69) is 5.32 Å². The maximum absolute atomic E-state index is 13.1. The normalized spacial score (nSPS) is 20.9. The molecule has 2 aliphatic heterocycles. The van der Waals surface area contributed by atoms with Gasteiger partial charge in [-0.1, -0.05) is 6.92 Å². The van der Waals surface area contributed by atoms with E-state index in [1.165, 1.54) is 4.90 Å². The number of ether oxygens (including phenoxy) is 2. The Kier molecular flexibility index (Phi) is 4.80. The fourth-order valence-electron chi connectivity index (χ4n) is 3.41. The minimum absolute atomic E-state index is 0.0343. The minimum Gasteiger partial charge on any atom is -0.497 e. The van der Waals surface area contributed by atoms with Crippen LogP contribution in [0.5, 0.6) is 11.5 Å². The molecule has 1 N–H and O–H groups in total. The number of urea groups is 1. The van der Waals surface area contributed by atoms with Gasteiger partial charge in [-0.15, -0.1) is 0 Å². The van der Waals surface area contributed by atoms with Gasteiger partial charge in [-0.25, -0.2) is 4.79 Å². The Morgan fingerprint density at radius 1 is 1.19 bits per heavy atom. The molecule has 0 bridgehead atoms. The van der Waals surface area contributed by atoms with E-state index in [9.17, 15) is 9.59 Å². The zero-order valence-corrected chi connectivity index (χ0v) is 15.8. The first-order valence-corrected chi connectivity index (χ1v) is 8.72. The van der Waals surface area contributed by atoms with E-state index < -0.39 is 6.04 Å². The van der Waals surface area contributed by atoms with Gasteiger partial charge in [0.15, 0.2) is 0 Å². The van der Waals surface area contributed by atoms with Gasteiger partial charge in [-0.3, -0.25) is 9.69 Å². The molecule has 0 radical (unpaired) electrons. The second kappa shape index (κ2) is 6.90. The van der Waals surface area contributed by atoms with Crippen molar-refractivity contribution in [3.63, 3.8) is 0 Å². The topological polar surface area (TPSA) is 71.1 Å². The van der Waals surface area contributed by atoms with Crippen LogP contribution in [-0.4, -0.2) is 55.6 Å². The molecule has 0 fully saturated rings. The summed E-state index contributed by atoms with van der Waals surface area (Å²) in [7, 11) is 4.84. The number of carbonyl (C=O) groups is 2. The third kappa shape index (κ3) is 2.87. The first-order chi connectivity index (χ1) is 12.4. The molecule has 0 aromatic heterocycles.